The maximum absolute atomic E-state index is 12.3. The van der Waals surface area contributed by atoms with Gasteiger partial charge in [-0.15, -0.1) is 0 Å². The van der Waals surface area contributed by atoms with Gasteiger partial charge in [0, 0.05) is 11.6 Å². The molecule has 3 rings (SSSR count). The molecule has 0 unspecified atom stereocenters. The molecule has 0 amide bonds. The maximum atomic E-state index is 12.3. The number of aromatic nitrogens is 1. The Bertz CT molecular complexity index is 944. The van der Waals surface area contributed by atoms with Crippen LogP contribution in [0.2, 0.25) is 0 Å². The van der Waals surface area contributed by atoms with Gasteiger partial charge in [0.05, 0.1) is 37.0 Å². The number of carbonyl (C=O) groups excluding carboxylic acids is 1. The maximum Gasteiger partial charge on any atom is 0.340 e. The summed E-state index contributed by atoms with van der Waals surface area (Å²) in [5.74, 6) is -0.127. The molecular formula is C16H19N3O4S. The Hall–Kier alpha value is -2.35. The van der Waals surface area contributed by atoms with E-state index in [0.29, 0.717) is 24.6 Å². The van der Waals surface area contributed by atoms with Gasteiger partial charge >= 0.3 is 5.97 Å². The van der Waals surface area contributed by atoms with E-state index in [-0.39, 0.29) is 6.61 Å². The Morgan fingerprint density at radius 2 is 2.12 bits per heavy atom. The van der Waals surface area contributed by atoms with Crippen molar-refractivity contribution >= 4 is 32.9 Å². The Morgan fingerprint density at radius 3 is 2.79 bits per heavy atom. The quantitative estimate of drug-likeness (QED) is 0.789. The van der Waals surface area contributed by atoms with Crippen molar-refractivity contribution in [1.29, 1.82) is 0 Å². The van der Waals surface area contributed by atoms with E-state index < -0.39 is 16.0 Å². The second kappa shape index (κ2) is 5.94. The van der Waals surface area contributed by atoms with E-state index in [1.807, 2.05) is 25.1 Å². The first-order chi connectivity index (χ1) is 11.3. The van der Waals surface area contributed by atoms with Crippen LogP contribution in [0.25, 0.3) is 10.9 Å². The van der Waals surface area contributed by atoms with Crippen molar-refractivity contribution in [3.8, 4) is 0 Å². The number of benzene rings is 1. The average Bonchev–Trinajstić information content (AvgIpc) is 3.10. The van der Waals surface area contributed by atoms with Crippen LogP contribution in [0, 0.1) is 6.92 Å². The number of rotatable bonds is 3. The summed E-state index contributed by atoms with van der Waals surface area (Å²) in [6.07, 6.45) is 2.75. The average molecular weight is 349 g/mol. The molecule has 7 nitrogen and oxygen atoms in total. The van der Waals surface area contributed by atoms with Crippen molar-refractivity contribution in [3.63, 3.8) is 0 Å². The minimum atomic E-state index is -3.43. The van der Waals surface area contributed by atoms with Crippen molar-refractivity contribution in [1.82, 2.24) is 8.87 Å². The molecule has 2 heterocycles. The Kier molecular flexibility index (Phi) is 4.08. The smallest absolute Gasteiger partial charge is 0.340 e. The number of esters is 1. The number of hydrogen-bond acceptors (Lipinski definition) is 5. The van der Waals surface area contributed by atoms with E-state index in [2.05, 4.69) is 4.99 Å². The first-order valence-electron chi connectivity index (χ1n) is 7.64. The summed E-state index contributed by atoms with van der Waals surface area (Å²) in [6.45, 7) is 4.64. The minimum absolute atomic E-state index is 0.272. The largest absolute Gasteiger partial charge is 0.462 e. The lowest BCUT2D eigenvalue weighted by Gasteiger charge is -2.18. The lowest BCUT2D eigenvalue weighted by Crippen LogP contribution is -2.37. The molecule has 0 bridgehead atoms. The minimum Gasteiger partial charge on any atom is -0.462 e. The second-order valence-corrected chi connectivity index (χ2v) is 7.58. The fraction of sp³-hybridized carbons (Fsp3) is 0.375. The molecule has 1 aliphatic rings. The lowest BCUT2D eigenvalue weighted by atomic mass is 10.1. The van der Waals surface area contributed by atoms with Gasteiger partial charge < -0.3 is 4.74 Å². The zero-order chi connectivity index (χ0) is 17.5. The van der Waals surface area contributed by atoms with E-state index in [0.717, 1.165) is 22.7 Å². The molecule has 0 spiro atoms. The summed E-state index contributed by atoms with van der Waals surface area (Å²) in [5, 5.41) is 0.719. The van der Waals surface area contributed by atoms with Gasteiger partial charge in [-0.1, -0.05) is 11.6 Å². The highest BCUT2D eigenvalue weighted by Crippen LogP contribution is 2.25. The van der Waals surface area contributed by atoms with E-state index >= 15 is 0 Å². The first-order valence-corrected chi connectivity index (χ1v) is 9.49. The second-order valence-electron chi connectivity index (χ2n) is 5.67. The number of ether oxygens (including phenoxy) is 1. The molecule has 1 aromatic heterocycles. The molecule has 0 saturated heterocycles. The Morgan fingerprint density at radius 1 is 1.38 bits per heavy atom. The van der Waals surface area contributed by atoms with Gasteiger partial charge in [0.2, 0.25) is 16.0 Å². The van der Waals surface area contributed by atoms with E-state index in [9.17, 15) is 13.2 Å². The number of hydrogen-bond donors (Lipinski definition) is 0. The summed E-state index contributed by atoms with van der Waals surface area (Å²) in [6, 6.07) is 5.65. The van der Waals surface area contributed by atoms with Crippen molar-refractivity contribution < 1.29 is 17.9 Å². The van der Waals surface area contributed by atoms with Gasteiger partial charge in [0.1, 0.15) is 0 Å². The molecule has 0 atom stereocenters. The first kappa shape index (κ1) is 16.5. The number of fused-ring (bicyclic) bond motifs is 1. The highest BCUT2D eigenvalue weighted by atomic mass is 32.2. The number of sulfonamides is 1. The van der Waals surface area contributed by atoms with Crippen LogP contribution in [-0.2, 0) is 14.8 Å². The van der Waals surface area contributed by atoms with Crippen molar-refractivity contribution in [2.45, 2.75) is 13.8 Å². The van der Waals surface area contributed by atoms with Crippen LogP contribution in [0.3, 0.4) is 0 Å². The molecule has 8 heteroatoms. The highest BCUT2D eigenvalue weighted by Gasteiger charge is 2.29. The molecule has 0 N–H and O–H groups in total. The van der Waals surface area contributed by atoms with E-state index in [1.165, 1.54) is 4.31 Å². The molecule has 0 aliphatic carbocycles. The summed E-state index contributed by atoms with van der Waals surface area (Å²) in [5.41, 5.74) is 2.12. The van der Waals surface area contributed by atoms with Gasteiger partial charge in [-0.05, 0) is 26.0 Å². The zero-order valence-electron chi connectivity index (χ0n) is 13.8. The van der Waals surface area contributed by atoms with E-state index in [1.54, 1.807) is 17.7 Å². The molecule has 1 aromatic carbocycles. The number of aliphatic imine (C=N–C) groups is 1. The standard InChI is InChI=1S/C16H19N3O4S/c1-4-23-15(20)13-10-18(14-6-5-11(2)9-12(13)14)16-17-7-8-19(16)24(3,21)22/h5-6,9-10H,4,7-8H2,1-3H3. The van der Waals surface area contributed by atoms with Gasteiger partial charge in [0.15, 0.2) is 0 Å². The summed E-state index contributed by atoms with van der Waals surface area (Å²) >= 11 is 0. The van der Waals surface area contributed by atoms with E-state index in [4.69, 9.17) is 4.74 Å². The van der Waals surface area contributed by atoms with Crippen molar-refractivity contribution in [3.05, 3.63) is 35.5 Å². The van der Waals surface area contributed by atoms with Gasteiger partial charge in [-0.3, -0.25) is 4.57 Å². The number of aryl methyl sites for hydroxylation is 1. The lowest BCUT2D eigenvalue weighted by molar-refractivity contribution is 0.0528. The van der Waals surface area contributed by atoms with Gasteiger partial charge in [-0.2, -0.15) is 0 Å². The molecule has 1 aliphatic heterocycles. The van der Waals surface area contributed by atoms with Crippen molar-refractivity contribution in [2.24, 2.45) is 4.99 Å². The third-order valence-electron chi connectivity index (χ3n) is 3.85. The van der Waals surface area contributed by atoms with Crippen LogP contribution >= 0.6 is 0 Å². The Balaban J connectivity index is 2.21. The van der Waals surface area contributed by atoms with Crippen LogP contribution in [0.5, 0.6) is 0 Å². The zero-order valence-corrected chi connectivity index (χ0v) is 14.6. The molecule has 0 radical (unpaired) electrons. The molecule has 0 saturated carbocycles. The summed E-state index contributed by atoms with van der Waals surface area (Å²) in [4.78, 5) is 16.6. The fourth-order valence-corrected chi connectivity index (χ4v) is 3.67. The van der Waals surface area contributed by atoms with Crippen LogP contribution in [0.15, 0.2) is 29.4 Å². The van der Waals surface area contributed by atoms with Gasteiger partial charge in [0.25, 0.3) is 0 Å². The molecular weight excluding hydrogens is 330 g/mol. The van der Waals surface area contributed by atoms with Gasteiger partial charge in [-0.25, -0.2) is 22.5 Å². The normalized spacial score (nSPS) is 15.0. The third kappa shape index (κ3) is 2.77. The van der Waals surface area contributed by atoms with Crippen LogP contribution in [0.1, 0.15) is 22.8 Å². The van der Waals surface area contributed by atoms with Crippen LogP contribution < -0.4 is 0 Å². The van der Waals surface area contributed by atoms with Crippen LogP contribution in [0.4, 0.5) is 0 Å². The highest BCUT2D eigenvalue weighted by molar-refractivity contribution is 7.88. The number of carbonyl (C=O) groups is 1. The predicted molar refractivity (Wildman–Crippen MR) is 91.9 cm³/mol. The molecule has 24 heavy (non-hydrogen) atoms. The topological polar surface area (TPSA) is 81.0 Å². The molecule has 0 fully saturated rings. The fourth-order valence-electron chi connectivity index (χ4n) is 2.81. The number of nitrogens with zero attached hydrogens (tertiary/aromatic N) is 3. The third-order valence-corrected chi connectivity index (χ3v) is 5.00. The van der Waals surface area contributed by atoms with Crippen molar-refractivity contribution in [2.75, 3.05) is 26.0 Å². The summed E-state index contributed by atoms with van der Waals surface area (Å²) < 4.78 is 32.0. The SMILES string of the molecule is CCOC(=O)c1cn(C2=NCCN2S(C)(=O)=O)c2ccc(C)cc12. The molecule has 2 aromatic rings. The summed E-state index contributed by atoms with van der Waals surface area (Å²) in [7, 11) is -3.43. The molecule has 128 valence electrons. The predicted octanol–water partition coefficient (Wildman–Crippen LogP) is 1.61. The Labute approximate surface area is 140 Å². The monoisotopic (exact) mass is 349 g/mol. The van der Waals surface area contributed by atoms with Crippen LogP contribution in [-0.4, -0.2) is 55.2 Å².